The van der Waals surface area contributed by atoms with Crippen molar-refractivity contribution in [1.29, 1.82) is 0 Å². The molecule has 0 aliphatic heterocycles. The molecule has 4 aromatic carbocycles. The Balaban J connectivity index is 1.03. The predicted molar refractivity (Wildman–Crippen MR) is 288 cm³/mol. The summed E-state index contributed by atoms with van der Waals surface area (Å²) in [4.78, 5) is 4.91. The number of benzene rings is 4. The first kappa shape index (κ1) is 44.8. The van der Waals surface area contributed by atoms with Crippen LogP contribution in [-0.2, 0) is 12.8 Å². The van der Waals surface area contributed by atoms with Crippen molar-refractivity contribution in [2.24, 2.45) is 0 Å². The van der Waals surface area contributed by atoms with E-state index in [4.69, 9.17) is 0 Å². The average Bonchev–Trinajstić information content (AvgIpc) is 3.65. The summed E-state index contributed by atoms with van der Waals surface area (Å²) in [5, 5.41) is 0. The van der Waals surface area contributed by atoms with Crippen molar-refractivity contribution in [3.05, 3.63) is 297 Å². The highest BCUT2D eigenvalue weighted by Gasteiger charge is 2.25. The fourth-order valence-electron chi connectivity index (χ4n) is 9.70. The van der Waals surface area contributed by atoms with Crippen molar-refractivity contribution in [2.75, 3.05) is 9.80 Å². The molecule has 0 amide bonds. The van der Waals surface area contributed by atoms with Gasteiger partial charge in [-0.05, 0) is 187 Å². The zero-order valence-corrected chi connectivity index (χ0v) is 39.6. The molecule has 0 saturated heterocycles. The van der Waals surface area contributed by atoms with E-state index in [0.29, 0.717) is 0 Å². The lowest BCUT2D eigenvalue weighted by atomic mass is 9.88. The molecule has 1 atom stereocenters. The molecule has 0 fully saturated rings. The fraction of sp³-hybridized carbons (Fsp3) is 0.169. The Bertz CT molecular complexity index is 2970. The van der Waals surface area contributed by atoms with Crippen LogP contribution in [0.3, 0.4) is 0 Å². The number of fused-ring (bicyclic) bond motifs is 1. The normalized spacial score (nSPS) is 21.3. The maximum atomic E-state index is 4.39. The summed E-state index contributed by atoms with van der Waals surface area (Å²) >= 11 is 0. The summed E-state index contributed by atoms with van der Waals surface area (Å²) < 4.78 is 0. The Labute approximate surface area is 400 Å². The largest absolute Gasteiger partial charge is 0.314 e. The van der Waals surface area contributed by atoms with Gasteiger partial charge >= 0.3 is 0 Å². The lowest BCUT2D eigenvalue weighted by Crippen LogP contribution is -2.22. The molecule has 0 aromatic heterocycles. The topological polar surface area (TPSA) is 6.48 Å². The first-order chi connectivity index (χ1) is 32.8. The van der Waals surface area contributed by atoms with E-state index >= 15 is 0 Å². The molecule has 0 spiro atoms. The standard InChI is InChI=1S/C65H62N2/c1-6-7-23-56-44-57-33-41-63(46-65(57)50(56)5)67(62-40-32-55-24-17-11-14-20-48(3)64(55)45-62)60-38-30-54(31-39-60)53-28-36-59(37-29-53)66(61-25-18-10-8-9-13-19-47(2)49(4)42-61)58-34-26-52(27-35-58)43-51-21-15-12-16-22-51/h7-28,30-31,33-39,41-42,45-46,53H,2,6,29,32,40,43-44H2,1,3-5H3/b9-8-,14-11-,17-11?,18-10-,19-13-,20-14?,23-7-,24-17-,48-20?,49-42?,55-24?,61-25+,64-48?. The van der Waals surface area contributed by atoms with Gasteiger partial charge in [0.05, 0.1) is 0 Å². The lowest BCUT2D eigenvalue weighted by molar-refractivity contribution is 0.836. The monoisotopic (exact) mass is 870 g/mol. The van der Waals surface area contributed by atoms with E-state index in [0.717, 1.165) is 66.8 Å². The second-order valence-corrected chi connectivity index (χ2v) is 18.1. The Kier molecular flexibility index (Phi) is 13.9. The van der Waals surface area contributed by atoms with Crippen molar-refractivity contribution in [1.82, 2.24) is 0 Å². The van der Waals surface area contributed by atoms with Crippen LogP contribution in [0.1, 0.15) is 87.1 Å². The van der Waals surface area contributed by atoms with Crippen LogP contribution in [0.2, 0.25) is 0 Å². The molecular formula is C65H62N2. The van der Waals surface area contributed by atoms with Gasteiger partial charge in [0.2, 0.25) is 0 Å². The van der Waals surface area contributed by atoms with Crippen LogP contribution >= 0.6 is 0 Å². The molecular weight excluding hydrogens is 809 g/mol. The molecule has 2 heteroatoms. The lowest BCUT2D eigenvalue weighted by Gasteiger charge is -2.32. The molecule has 0 bridgehead atoms. The minimum atomic E-state index is 0.252. The number of anilines is 3. The van der Waals surface area contributed by atoms with Crippen molar-refractivity contribution < 1.29 is 0 Å². The van der Waals surface area contributed by atoms with Gasteiger partial charge < -0.3 is 9.80 Å². The third-order valence-electron chi connectivity index (χ3n) is 13.6. The third-order valence-corrected chi connectivity index (χ3v) is 13.6. The van der Waals surface area contributed by atoms with E-state index in [1.165, 1.54) is 72.8 Å². The molecule has 0 radical (unpaired) electrons. The molecule has 4 aromatic rings. The van der Waals surface area contributed by atoms with Crippen LogP contribution in [0, 0.1) is 0 Å². The summed E-state index contributed by atoms with van der Waals surface area (Å²) in [7, 11) is 0. The quantitative estimate of drug-likeness (QED) is 0.148. The summed E-state index contributed by atoms with van der Waals surface area (Å²) in [6.45, 7) is 13.3. The van der Waals surface area contributed by atoms with E-state index in [1.807, 2.05) is 6.08 Å². The van der Waals surface area contributed by atoms with E-state index in [1.54, 1.807) is 0 Å². The van der Waals surface area contributed by atoms with Gasteiger partial charge in [-0.25, -0.2) is 0 Å². The second-order valence-electron chi connectivity index (χ2n) is 18.1. The van der Waals surface area contributed by atoms with E-state index in [-0.39, 0.29) is 5.92 Å². The molecule has 0 saturated carbocycles. The summed E-state index contributed by atoms with van der Waals surface area (Å²) in [5.74, 6) is 0.252. The number of hydrogen-bond donors (Lipinski definition) is 0. The van der Waals surface area contributed by atoms with Crippen LogP contribution in [0.25, 0.3) is 5.57 Å². The maximum absolute atomic E-state index is 4.39. The van der Waals surface area contributed by atoms with Gasteiger partial charge in [0.15, 0.2) is 0 Å². The van der Waals surface area contributed by atoms with Crippen LogP contribution in [0.4, 0.5) is 17.1 Å². The van der Waals surface area contributed by atoms with E-state index < -0.39 is 0 Å². The molecule has 332 valence electrons. The third kappa shape index (κ3) is 10.4. The molecule has 9 rings (SSSR count). The maximum Gasteiger partial charge on any atom is 0.0464 e. The van der Waals surface area contributed by atoms with Crippen molar-refractivity contribution in [3.63, 3.8) is 0 Å². The summed E-state index contributed by atoms with van der Waals surface area (Å²) in [6, 6.07) is 36.3. The fourth-order valence-corrected chi connectivity index (χ4v) is 9.70. The SMILES string of the molecule is C=C1\C=C/C=C\C=C/C=C(/N(C2=CCC(c3ccc(N(C4=CC5=C(/C=C\C=C/C=C5C)CC4)c4ccc5c(c4)C(C)=C(/C=C\CC)C5)cc3)C=C2)c2ccc(Cc3ccccc3)cc2)C=C1C. The molecule has 1 unspecified atom stereocenters. The van der Waals surface area contributed by atoms with Gasteiger partial charge in [0.25, 0.3) is 0 Å². The number of allylic oxidation sites excluding steroid dienone is 27. The summed E-state index contributed by atoms with van der Waals surface area (Å²) in [6.07, 6.45) is 47.9. The summed E-state index contributed by atoms with van der Waals surface area (Å²) in [5.41, 5.74) is 22.7. The van der Waals surface area contributed by atoms with Crippen LogP contribution in [-0.4, -0.2) is 0 Å². The molecule has 2 nitrogen and oxygen atoms in total. The Morgan fingerprint density at radius 3 is 2.13 bits per heavy atom. The van der Waals surface area contributed by atoms with Gasteiger partial charge in [0.1, 0.15) is 0 Å². The van der Waals surface area contributed by atoms with Crippen LogP contribution < -0.4 is 9.80 Å². The van der Waals surface area contributed by atoms with Crippen LogP contribution in [0.5, 0.6) is 0 Å². The van der Waals surface area contributed by atoms with E-state index in [9.17, 15) is 0 Å². The minimum Gasteiger partial charge on any atom is -0.314 e. The van der Waals surface area contributed by atoms with E-state index in [2.05, 4.69) is 251 Å². The Morgan fingerprint density at radius 1 is 0.642 bits per heavy atom. The van der Waals surface area contributed by atoms with Gasteiger partial charge in [-0.3, -0.25) is 0 Å². The smallest absolute Gasteiger partial charge is 0.0464 e. The van der Waals surface area contributed by atoms with Gasteiger partial charge in [0, 0.05) is 40.1 Å². The zero-order valence-electron chi connectivity index (χ0n) is 39.6. The van der Waals surface area contributed by atoms with Gasteiger partial charge in [-0.15, -0.1) is 0 Å². The highest BCUT2D eigenvalue weighted by atomic mass is 15.2. The van der Waals surface area contributed by atoms with Crippen molar-refractivity contribution in [2.45, 2.75) is 72.1 Å². The zero-order chi connectivity index (χ0) is 46.1. The second kappa shape index (κ2) is 20.8. The molecule has 0 heterocycles. The average molecular weight is 871 g/mol. The Hall–Kier alpha value is -7.42. The molecule has 5 aliphatic carbocycles. The van der Waals surface area contributed by atoms with Gasteiger partial charge in [-0.1, -0.05) is 165 Å². The minimum absolute atomic E-state index is 0.252. The van der Waals surface area contributed by atoms with Gasteiger partial charge in [-0.2, -0.15) is 0 Å². The molecule has 5 aliphatic rings. The molecule has 67 heavy (non-hydrogen) atoms. The van der Waals surface area contributed by atoms with Crippen molar-refractivity contribution >= 4 is 22.6 Å². The predicted octanol–water partition coefficient (Wildman–Crippen LogP) is 17.3. The number of hydrogen-bond acceptors (Lipinski definition) is 2. The number of nitrogens with zero attached hydrogens (tertiary/aromatic N) is 2. The van der Waals surface area contributed by atoms with Crippen molar-refractivity contribution in [3.8, 4) is 0 Å². The van der Waals surface area contributed by atoms with Crippen LogP contribution in [0.15, 0.2) is 270 Å². The molecule has 0 N–H and O–H groups in total. The highest BCUT2D eigenvalue weighted by molar-refractivity contribution is 5.82. The Morgan fingerprint density at radius 2 is 1.34 bits per heavy atom. The number of rotatable bonds is 11. The first-order valence-corrected chi connectivity index (χ1v) is 24.1. The highest BCUT2D eigenvalue weighted by Crippen LogP contribution is 2.43. The first-order valence-electron chi connectivity index (χ1n) is 24.1.